The van der Waals surface area contributed by atoms with Crippen LogP contribution in [0.5, 0.6) is 0 Å². The fourth-order valence-corrected chi connectivity index (χ4v) is 5.82. The van der Waals surface area contributed by atoms with Crippen molar-refractivity contribution < 1.29 is 9.50 Å². The van der Waals surface area contributed by atoms with Gasteiger partial charge in [0.05, 0.1) is 17.4 Å². The van der Waals surface area contributed by atoms with Crippen LogP contribution in [0.1, 0.15) is 49.3 Å². The van der Waals surface area contributed by atoms with Gasteiger partial charge in [-0.2, -0.15) is 0 Å². The predicted octanol–water partition coefficient (Wildman–Crippen LogP) is 5.09. The number of nitrogens with one attached hydrogen (secondary N) is 1. The molecule has 2 aliphatic rings. The smallest absolute Gasteiger partial charge is 0.124 e. The number of nitrogens with zero attached hydrogens (tertiary/aromatic N) is 2. The summed E-state index contributed by atoms with van der Waals surface area (Å²) in [5, 5.41) is 14.6. The molecular formula is C26H26FN3O. The third-order valence-corrected chi connectivity index (χ3v) is 7.09. The molecule has 3 aromatic rings. The Labute approximate surface area is 181 Å². The zero-order valence-electron chi connectivity index (χ0n) is 17.3. The summed E-state index contributed by atoms with van der Waals surface area (Å²) in [4.78, 5) is 8.55. The highest BCUT2D eigenvalue weighted by atomic mass is 19.1. The van der Waals surface area contributed by atoms with Crippen molar-refractivity contribution in [2.75, 3.05) is 5.32 Å². The first kappa shape index (κ1) is 20.0. The number of aromatic nitrogens is 2. The van der Waals surface area contributed by atoms with E-state index in [1.807, 2.05) is 12.3 Å². The van der Waals surface area contributed by atoms with Gasteiger partial charge >= 0.3 is 0 Å². The van der Waals surface area contributed by atoms with E-state index in [4.69, 9.17) is 6.42 Å². The van der Waals surface area contributed by atoms with E-state index < -0.39 is 6.23 Å². The standard InChI is InChI=1S/C26H26FN3O/c1-2-21-4-5-22(15-29-21)30-26(31)11-16-9-17-12-19(13-18(17)10-16)23-7-8-28-25-6-3-20(27)14-24(23)25/h1,3-8,14-19,26,30-31H,9-13H2/t16-,17+,18-,19?,26?. The van der Waals surface area contributed by atoms with Crippen LogP contribution < -0.4 is 5.32 Å². The fourth-order valence-electron chi connectivity index (χ4n) is 5.82. The lowest BCUT2D eigenvalue weighted by Gasteiger charge is -2.20. The number of hydrogen-bond donors (Lipinski definition) is 2. The molecule has 2 saturated carbocycles. The molecular weight excluding hydrogens is 389 g/mol. The highest BCUT2D eigenvalue weighted by molar-refractivity contribution is 5.82. The molecule has 2 N–H and O–H groups in total. The molecule has 2 aromatic heterocycles. The Morgan fingerprint density at radius 1 is 1.10 bits per heavy atom. The Hall–Kier alpha value is -2.97. The summed E-state index contributed by atoms with van der Waals surface area (Å²) in [6.45, 7) is 0. The topological polar surface area (TPSA) is 58.0 Å². The van der Waals surface area contributed by atoms with Gasteiger partial charge in [-0.3, -0.25) is 4.98 Å². The van der Waals surface area contributed by atoms with Gasteiger partial charge in [-0.1, -0.05) is 5.92 Å². The van der Waals surface area contributed by atoms with Crippen molar-refractivity contribution in [3.8, 4) is 12.3 Å². The highest BCUT2D eigenvalue weighted by Gasteiger charge is 2.42. The van der Waals surface area contributed by atoms with Crippen molar-refractivity contribution in [2.24, 2.45) is 17.8 Å². The van der Waals surface area contributed by atoms with Gasteiger partial charge in [-0.05, 0) is 97.7 Å². The normalized spacial score (nSPS) is 25.8. The average Bonchev–Trinajstić information content (AvgIpc) is 3.32. The molecule has 0 aliphatic heterocycles. The molecule has 1 aromatic carbocycles. The maximum absolute atomic E-state index is 13.8. The number of halogens is 1. The largest absolute Gasteiger partial charge is 0.374 e. The van der Waals surface area contributed by atoms with Gasteiger partial charge in [0, 0.05) is 11.6 Å². The Kier molecular flexibility index (Phi) is 5.33. The Morgan fingerprint density at radius 3 is 2.61 bits per heavy atom. The second-order valence-corrected chi connectivity index (χ2v) is 9.06. The first-order valence-corrected chi connectivity index (χ1v) is 11.0. The van der Waals surface area contributed by atoms with E-state index >= 15 is 0 Å². The summed E-state index contributed by atoms with van der Waals surface area (Å²) >= 11 is 0. The van der Waals surface area contributed by atoms with Crippen molar-refractivity contribution in [2.45, 2.75) is 44.2 Å². The Morgan fingerprint density at radius 2 is 1.90 bits per heavy atom. The minimum atomic E-state index is -0.592. The molecule has 4 nitrogen and oxygen atoms in total. The van der Waals surface area contributed by atoms with Crippen molar-refractivity contribution >= 4 is 16.6 Å². The van der Waals surface area contributed by atoms with Gasteiger partial charge in [0.1, 0.15) is 17.7 Å². The quantitative estimate of drug-likeness (QED) is 0.450. The van der Waals surface area contributed by atoms with Crippen LogP contribution in [0.4, 0.5) is 10.1 Å². The zero-order chi connectivity index (χ0) is 21.4. The maximum Gasteiger partial charge on any atom is 0.124 e. The monoisotopic (exact) mass is 415 g/mol. The SMILES string of the molecule is C#Cc1ccc(NC(O)C[C@@H]2C[C@H]3CC(c4ccnc5ccc(F)cc45)C[C@H]3C2)cn1. The van der Waals surface area contributed by atoms with Crippen molar-refractivity contribution in [3.63, 3.8) is 0 Å². The average molecular weight is 416 g/mol. The summed E-state index contributed by atoms with van der Waals surface area (Å²) in [6, 6.07) is 10.6. The van der Waals surface area contributed by atoms with E-state index in [0.29, 0.717) is 29.4 Å². The summed E-state index contributed by atoms with van der Waals surface area (Å²) < 4.78 is 13.8. The van der Waals surface area contributed by atoms with Gasteiger partial charge in [0.25, 0.3) is 0 Å². The van der Waals surface area contributed by atoms with E-state index in [9.17, 15) is 9.50 Å². The molecule has 5 heteroatoms. The van der Waals surface area contributed by atoms with Gasteiger partial charge in [0.15, 0.2) is 0 Å². The third-order valence-electron chi connectivity index (χ3n) is 7.09. The zero-order valence-corrected chi connectivity index (χ0v) is 17.3. The van der Waals surface area contributed by atoms with Crippen molar-refractivity contribution in [1.29, 1.82) is 0 Å². The number of aliphatic hydroxyl groups is 1. The molecule has 158 valence electrons. The minimum Gasteiger partial charge on any atom is -0.374 e. The number of benzene rings is 1. The third kappa shape index (κ3) is 4.13. The molecule has 0 radical (unpaired) electrons. The van der Waals surface area contributed by atoms with Crippen molar-refractivity contribution in [3.05, 3.63) is 65.9 Å². The molecule has 31 heavy (non-hydrogen) atoms. The van der Waals surface area contributed by atoms with Crippen LogP contribution in [0.25, 0.3) is 10.9 Å². The van der Waals surface area contributed by atoms with Crippen LogP contribution in [0, 0.1) is 35.9 Å². The van der Waals surface area contributed by atoms with E-state index in [-0.39, 0.29) is 5.82 Å². The molecule has 0 bridgehead atoms. The lowest BCUT2D eigenvalue weighted by Crippen LogP contribution is -2.22. The fraction of sp³-hybridized carbons (Fsp3) is 0.385. The first-order chi connectivity index (χ1) is 15.1. The number of hydrogen-bond acceptors (Lipinski definition) is 4. The van der Waals surface area contributed by atoms with E-state index in [0.717, 1.165) is 48.7 Å². The van der Waals surface area contributed by atoms with Crippen LogP contribution in [-0.4, -0.2) is 21.3 Å². The molecule has 5 rings (SSSR count). The van der Waals surface area contributed by atoms with Gasteiger partial charge in [0.2, 0.25) is 0 Å². The number of fused-ring (bicyclic) bond motifs is 2. The number of anilines is 1. The highest BCUT2D eigenvalue weighted by Crippen LogP contribution is 2.54. The van der Waals surface area contributed by atoms with Crippen LogP contribution in [0.15, 0.2) is 48.8 Å². The van der Waals surface area contributed by atoms with E-state index in [2.05, 4.69) is 27.3 Å². The van der Waals surface area contributed by atoms with E-state index in [1.165, 1.54) is 11.6 Å². The predicted molar refractivity (Wildman–Crippen MR) is 120 cm³/mol. The van der Waals surface area contributed by atoms with Gasteiger partial charge in [-0.25, -0.2) is 9.37 Å². The molecule has 0 amide bonds. The number of rotatable bonds is 5. The molecule has 5 atom stereocenters. The molecule has 0 saturated heterocycles. The molecule has 2 aliphatic carbocycles. The van der Waals surface area contributed by atoms with Crippen LogP contribution >= 0.6 is 0 Å². The number of terminal acetylenes is 1. The van der Waals surface area contributed by atoms with Crippen LogP contribution in [0.2, 0.25) is 0 Å². The van der Waals surface area contributed by atoms with Gasteiger partial charge in [-0.15, -0.1) is 6.42 Å². The Bertz CT molecular complexity index is 1110. The minimum absolute atomic E-state index is 0.203. The maximum atomic E-state index is 13.8. The summed E-state index contributed by atoms with van der Waals surface area (Å²) in [5.41, 5.74) is 3.47. The van der Waals surface area contributed by atoms with E-state index in [1.54, 1.807) is 24.4 Å². The molecule has 2 unspecified atom stereocenters. The van der Waals surface area contributed by atoms with Crippen LogP contribution in [-0.2, 0) is 0 Å². The molecule has 2 heterocycles. The Balaban J connectivity index is 1.19. The summed E-state index contributed by atoms with van der Waals surface area (Å²) in [7, 11) is 0. The lowest BCUT2D eigenvalue weighted by molar-refractivity contribution is 0.166. The molecule has 0 spiro atoms. The lowest BCUT2D eigenvalue weighted by atomic mass is 9.89. The van der Waals surface area contributed by atoms with Crippen molar-refractivity contribution in [1.82, 2.24) is 9.97 Å². The van der Waals surface area contributed by atoms with Crippen LogP contribution in [0.3, 0.4) is 0 Å². The number of pyridine rings is 2. The number of aliphatic hydroxyl groups excluding tert-OH is 1. The summed E-state index contributed by atoms with van der Waals surface area (Å²) in [6.07, 6.45) is 13.5. The molecule has 2 fully saturated rings. The first-order valence-electron chi connectivity index (χ1n) is 11.0. The second kappa shape index (κ2) is 8.28. The van der Waals surface area contributed by atoms with Gasteiger partial charge < -0.3 is 10.4 Å². The second-order valence-electron chi connectivity index (χ2n) is 9.06. The summed E-state index contributed by atoms with van der Waals surface area (Å²) in [5.74, 6) is 4.62.